The number of nitrogens with one attached hydrogen (secondary N) is 9. The molecule has 77 heavy (non-hydrogen) atoms. The van der Waals surface area contributed by atoms with Crippen LogP contribution in [0.1, 0.15) is 120 Å². The average Bonchev–Trinajstić information content (AvgIpc) is 3.33. The average molecular weight is 1100 g/mol. The Bertz CT molecular complexity index is 2110. The minimum Gasteiger partial charge on any atom is -0.481 e. The number of unbranched alkanes of at least 4 members (excludes halogenated alkanes) is 1. The van der Waals surface area contributed by atoms with Gasteiger partial charge in [-0.15, -0.1) is 0 Å². The SMILES string of the molecule is CC[C@H](C)[C@H](NC(=O)CNC(=O)[C@@H](NC(=O)[C@H](CC(=O)O)NC(=O)[C@@H](N)CCCCN)C(C)C)C(=O)N[C@@H](CCC(N)=O)C(=O)N[C@H](C(=O)N[C@@H](CC(=O)O)C(=O)N[C@H](C(=O)N[C@@H](CC(=O)O)C(=O)O)[C@@H](C)CC)C(C)C. The van der Waals surface area contributed by atoms with Crippen LogP contribution in [0.4, 0.5) is 0 Å². The number of aliphatic carboxylic acids is 4. The maximum absolute atomic E-state index is 13.9. The van der Waals surface area contributed by atoms with Crippen molar-refractivity contribution in [1.29, 1.82) is 0 Å². The Morgan fingerprint density at radius 3 is 1.23 bits per heavy atom. The highest BCUT2D eigenvalue weighted by Gasteiger charge is 2.38. The van der Waals surface area contributed by atoms with Crippen molar-refractivity contribution < 1.29 is 87.5 Å². The van der Waals surface area contributed by atoms with E-state index in [1.165, 1.54) is 34.6 Å². The second-order valence-corrected chi connectivity index (χ2v) is 19.3. The fourth-order valence-corrected chi connectivity index (χ4v) is 7.14. The number of rotatable bonds is 38. The molecule has 0 aliphatic rings. The van der Waals surface area contributed by atoms with E-state index in [9.17, 15) is 82.4 Å². The summed E-state index contributed by atoms with van der Waals surface area (Å²) in [6.07, 6.45) is -2.16. The van der Waals surface area contributed by atoms with Gasteiger partial charge in [0, 0.05) is 6.42 Å². The van der Waals surface area contributed by atoms with Crippen molar-refractivity contribution in [3.8, 4) is 0 Å². The maximum atomic E-state index is 13.9. The van der Waals surface area contributed by atoms with Crippen molar-refractivity contribution in [2.45, 2.75) is 174 Å². The summed E-state index contributed by atoms with van der Waals surface area (Å²) in [5, 5.41) is 58.6. The lowest BCUT2D eigenvalue weighted by molar-refractivity contribution is -0.147. The van der Waals surface area contributed by atoms with E-state index >= 15 is 0 Å². The molecular weight excluding hydrogens is 1020 g/mol. The number of carbonyl (C=O) groups excluding carboxylic acids is 10. The van der Waals surface area contributed by atoms with Crippen molar-refractivity contribution in [3.63, 3.8) is 0 Å². The second kappa shape index (κ2) is 34.9. The summed E-state index contributed by atoms with van der Waals surface area (Å²) in [5.74, 6) is -19.3. The summed E-state index contributed by atoms with van der Waals surface area (Å²) in [4.78, 5) is 180. The molecule has 30 heteroatoms. The molecule has 10 amide bonds. The Morgan fingerprint density at radius 2 is 0.818 bits per heavy atom. The van der Waals surface area contributed by atoms with Crippen LogP contribution >= 0.6 is 0 Å². The zero-order chi connectivity index (χ0) is 59.4. The van der Waals surface area contributed by atoms with Crippen LogP contribution in [0.5, 0.6) is 0 Å². The number of carboxylic acid groups (broad SMARTS) is 4. The minimum atomic E-state index is -1.92. The molecule has 0 aliphatic heterocycles. The van der Waals surface area contributed by atoms with Crippen LogP contribution in [0, 0.1) is 23.7 Å². The molecule has 19 N–H and O–H groups in total. The summed E-state index contributed by atoms with van der Waals surface area (Å²) in [7, 11) is 0. The number of carboxylic acids is 4. The van der Waals surface area contributed by atoms with E-state index < -0.39 is 200 Å². The van der Waals surface area contributed by atoms with Gasteiger partial charge in [0.1, 0.15) is 48.3 Å². The number of amides is 10. The smallest absolute Gasteiger partial charge is 0.326 e. The van der Waals surface area contributed by atoms with Crippen molar-refractivity contribution in [2.75, 3.05) is 13.1 Å². The zero-order valence-electron chi connectivity index (χ0n) is 44.7. The first-order valence-electron chi connectivity index (χ1n) is 25.1. The maximum Gasteiger partial charge on any atom is 0.326 e. The Kier molecular flexibility index (Phi) is 31.5. The molecule has 0 saturated carbocycles. The molecule has 0 spiro atoms. The lowest BCUT2D eigenvalue weighted by atomic mass is 9.96. The van der Waals surface area contributed by atoms with Gasteiger partial charge in [-0.1, -0.05) is 74.7 Å². The standard InChI is InChI=1S/C47H80N12O18/c1-9-23(7)37(56-31(61)20-51-43(72)35(21(3)4)57-41(70)27(17-32(62)63)53-39(68)25(49)13-11-12-16-48)45(74)52-26(14-15-30(50)60)40(69)58-36(22(5)6)44(73)54-28(18-33(64)65)42(71)59-38(24(8)10-2)46(75)55-29(47(76)77)19-34(66)67/h21-29,35-38H,9-20,48-49H2,1-8H3,(H2,50,60)(H,51,72)(H,52,74)(H,53,68)(H,54,73)(H,55,75)(H,56,61)(H,57,70)(H,58,69)(H,59,71)(H,62,63)(H,64,65)(H,66,67)(H,76,77)/t23-,24-,25-,26-,27-,28-,29-,35-,36-,37-,38-/m0/s1. The molecule has 0 aromatic heterocycles. The normalized spacial score (nSPS) is 15.4. The first-order chi connectivity index (χ1) is 35.8. The van der Waals surface area contributed by atoms with Crippen LogP contribution in [0.15, 0.2) is 0 Å². The van der Waals surface area contributed by atoms with Gasteiger partial charge in [0.15, 0.2) is 0 Å². The predicted octanol–water partition coefficient (Wildman–Crippen LogP) is -4.38. The van der Waals surface area contributed by atoms with Crippen LogP contribution in [0.2, 0.25) is 0 Å². The van der Waals surface area contributed by atoms with Gasteiger partial charge < -0.3 is 85.5 Å². The van der Waals surface area contributed by atoms with E-state index in [-0.39, 0.29) is 19.3 Å². The topological polar surface area (TPSA) is 506 Å². The Morgan fingerprint density at radius 1 is 0.442 bits per heavy atom. The fourth-order valence-electron chi connectivity index (χ4n) is 7.14. The van der Waals surface area contributed by atoms with Gasteiger partial charge in [-0.3, -0.25) is 62.3 Å². The van der Waals surface area contributed by atoms with Gasteiger partial charge in [-0.05, 0) is 49.5 Å². The lowest BCUT2D eigenvalue weighted by Crippen LogP contribution is -2.61. The number of hydrogen-bond acceptors (Lipinski definition) is 16. The lowest BCUT2D eigenvalue weighted by Gasteiger charge is -2.30. The summed E-state index contributed by atoms with van der Waals surface area (Å²) in [6.45, 7) is 11.9. The molecule has 436 valence electrons. The van der Waals surface area contributed by atoms with Crippen molar-refractivity contribution in [1.82, 2.24) is 47.9 Å². The largest absolute Gasteiger partial charge is 0.481 e. The minimum absolute atomic E-state index is 0.197. The molecule has 0 fully saturated rings. The molecule has 0 heterocycles. The number of carbonyl (C=O) groups is 14. The van der Waals surface area contributed by atoms with Crippen LogP contribution in [0.3, 0.4) is 0 Å². The molecule has 0 radical (unpaired) electrons. The molecular formula is C47H80N12O18. The quantitative estimate of drug-likeness (QED) is 0.0260. The van der Waals surface area contributed by atoms with Crippen molar-refractivity contribution in [3.05, 3.63) is 0 Å². The highest BCUT2D eigenvalue weighted by atomic mass is 16.4. The molecule has 0 aliphatic carbocycles. The number of hydrogen-bond donors (Lipinski definition) is 16. The molecule has 0 aromatic rings. The van der Waals surface area contributed by atoms with Gasteiger partial charge in [0.2, 0.25) is 59.1 Å². The molecule has 11 atom stereocenters. The first kappa shape index (κ1) is 69.5. The zero-order valence-corrected chi connectivity index (χ0v) is 44.7. The number of primary amides is 1. The van der Waals surface area contributed by atoms with Gasteiger partial charge in [0.05, 0.1) is 31.8 Å². The van der Waals surface area contributed by atoms with Crippen molar-refractivity contribution >= 4 is 82.9 Å². The van der Waals surface area contributed by atoms with E-state index in [2.05, 4.69) is 42.5 Å². The van der Waals surface area contributed by atoms with E-state index in [4.69, 9.17) is 22.3 Å². The third-order valence-corrected chi connectivity index (χ3v) is 12.2. The van der Waals surface area contributed by atoms with E-state index in [0.29, 0.717) is 19.4 Å². The Hall–Kier alpha value is -7.50. The second-order valence-electron chi connectivity index (χ2n) is 19.3. The van der Waals surface area contributed by atoms with E-state index in [0.717, 1.165) is 0 Å². The molecule has 0 bridgehead atoms. The summed E-state index contributed by atoms with van der Waals surface area (Å²) >= 11 is 0. The first-order valence-corrected chi connectivity index (χ1v) is 25.1. The third kappa shape index (κ3) is 26.2. The fraction of sp³-hybridized carbons (Fsp3) is 0.702. The Balaban J connectivity index is 6.41. The van der Waals surface area contributed by atoms with Gasteiger partial charge in [-0.2, -0.15) is 0 Å². The predicted molar refractivity (Wildman–Crippen MR) is 271 cm³/mol. The monoisotopic (exact) mass is 1100 g/mol. The molecule has 30 nitrogen and oxygen atoms in total. The Labute approximate surface area is 445 Å². The molecule has 0 rings (SSSR count). The summed E-state index contributed by atoms with van der Waals surface area (Å²) in [6, 6.07) is -14.1. The molecule has 0 saturated heterocycles. The van der Waals surface area contributed by atoms with Gasteiger partial charge in [-0.25, -0.2) is 4.79 Å². The van der Waals surface area contributed by atoms with Gasteiger partial charge in [0.25, 0.3) is 0 Å². The van der Waals surface area contributed by atoms with Crippen LogP contribution < -0.4 is 65.1 Å². The van der Waals surface area contributed by atoms with E-state index in [1.54, 1.807) is 20.8 Å². The molecule has 0 aromatic carbocycles. The summed E-state index contributed by atoms with van der Waals surface area (Å²) in [5.41, 5.74) is 16.7. The van der Waals surface area contributed by atoms with Crippen LogP contribution in [-0.2, 0) is 67.1 Å². The third-order valence-electron chi connectivity index (χ3n) is 12.2. The van der Waals surface area contributed by atoms with Crippen LogP contribution in [-0.4, -0.2) is 171 Å². The number of nitrogens with two attached hydrogens (primary N) is 3. The van der Waals surface area contributed by atoms with E-state index in [1.807, 2.05) is 5.32 Å². The highest BCUT2D eigenvalue weighted by Crippen LogP contribution is 2.14. The highest BCUT2D eigenvalue weighted by molar-refractivity contribution is 5.99. The van der Waals surface area contributed by atoms with Crippen LogP contribution in [0.25, 0.3) is 0 Å². The van der Waals surface area contributed by atoms with Crippen molar-refractivity contribution in [2.24, 2.45) is 40.9 Å². The van der Waals surface area contributed by atoms with Gasteiger partial charge >= 0.3 is 23.9 Å². The summed E-state index contributed by atoms with van der Waals surface area (Å²) < 4.78 is 0. The molecule has 0 unspecified atom stereocenters.